The van der Waals surface area contributed by atoms with E-state index in [-0.39, 0.29) is 0 Å². The van der Waals surface area contributed by atoms with Gasteiger partial charge >= 0.3 is 0 Å². The number of H-pyrrole nitrogens is 1. The van der Waals surface area contributed by atoms with E-state index in [1.165, 1.54) is 6.33 Å². The number of methoxy groups -OCH3 is 1. The van der Waals surface area contributed by atoms with Gasteiger partial charge in [0.05, 0.1) is 13.7 Å². The second kappa shape index (κ2) is 9.38. The van der Waals surface area contributed by atoms with E-state index in [2.05, 4.69) is 49.0 Å². The molecule has 0 spiro atoms. The van der Waals surface area contributed by atoms with Crippen LogP contribution in [0.1, 0.15) is 18.1 Å². The molecule has 140 valence electrons. The zero-order chi connectivity index (χ0) is 18.9. The molecule has 0 atom stereocenters. The number of aliphatic imine (C=N–C) groups is 1. The van der Waals surface area contributed by atoms with E-state index >= 15 is 0 Å². The monoisotopic (exact) mass is 364 g/mol. The zero-order valence-corrected chi connectivity index (χ0v) is 15.6. The summed E-state index contributed by atoms with van der Waals surface area (Å²) in [5, 5.41) is 13.4. The van der Waals surface area contributed by atoms with Crippen molar-refractivity contribution in [3.05, 3.63) is 66.0 Å². The van der Waals surface area contributed by atoms with Crippen LogP contribution < -0.4 is 15.4 Å². The van der Waals surface area contributed by atoms with Crippen LogP contribution >= 0.6 is 0 Å². The molecule has 0 unspecified atom stereocenters. The summed E-state index contributed by atoms with van der Waals surface area (Å²) >= 11 is 0. The lowest BCUT2D eigenvalue weighted by Crippen LogP contribution is -2.36. The van der Waals surface area contributed by atoms with Gasteiger partial charge in [0.15, 0.2) is 11.8 Å². The zero-order valence-electron chi connectivity index (χ0n) is 15.6. The summed E-state index contributed by atoms with van der Waals surface area (Å²) in [6.07, 6.45) is 1.51. The Bertz CT molecular complexity index is 876. The molecule has 1 heterocycles. The van der Waals surface area contributed by atoms with Crippen molar-refractivity contribution in [1.29, 1.82) is 0 Å². The number of guanidine groups is 1. The molecule has 0 amide bonds. The smallest absolute Gasteiger partial charge is 0.191 e. The van der Waals surface area contributed by atoms with Gasteiger partial charge in [-0.2, -0.15) is 5.10 Å². The molecule has 0 fully saturated rings. The van der Waals surface area contributed by atoms with Crippen molar-refractivity contribution in [3.8, 4) is 17.1 Å². The lowest BCUT2D eigenvalue weighted by Gasteiger charge is -2.12. The fraction of sp³-hybridized carbons (Fsp3) is 0.250. The largest absolute Gasteiger partial charge is 0.497 e. The molecule has 3 aromatic rings. The quantitative estimate of drug-likeness (QED) is 0.443. The third kappa shape index (κ3) is 5.31. The van der Waals surface area contributed by atoms with Gasteiger partial charge in [-0.05, 0) is 36.2 Å². The fourth-order valence-electron chi connectivity index (χ4n) is 2.64. The molecular weight excluding hydrogens is 340 g/mol. The molecule has 3 rings (SSSR count). The van der Waals surface area contributed by atoms with Gasteiger partial charge in [-0.1, -0.05) is 30.3 Å². The summed E-state index contributed by atoms with van der Waals surface area (Å²) < 4.78 is 5.27. The highest BCUT2D eigenvalue weighted by Crippen LogP contribution is 2.16. The first-order chi connectivity index (χ1) is 13.3. The summed E-state index contributed by atoms with van der Waals surface area (Å²) in [4.78, 5) is 8.87. The van der Waals surface area contributed by atoms with E-state index in [0.717, 1.165) is 40.8 Å². The minimum atomic E-state index is 0.565. The highest BCUT2D eigenvalue weighted by Gasteiger charge is 2.03. The number of aromatic amines is 1. The van der Waals surface area contributed by atoms with Crippen LogP contribution in [-0.2, 0) is 13.1 Å². The van der Waals surface area contributed by atoms with Crippen LogP contribution in [0.15, 0.2) is 59.9 Å². The van der Waals surface area contributed by atoms with E-state index in [1.54, 1.807) is 7.11 Å². The van der Waals surface area contributed by atoms with Crippen molar-refractivity contribution in [2.45, 2.75) is 20.0 Å². The maximum absolute atomic E-state index is 5.27. The van der Waals surface area contributed by atoms with Gasteiger partial charge in [0.25, 0.3) is 0 Å². The van der Waals surface area contributed by atoms with Gasteiger partial charge in [0, 0.05) is 18.7 Å². The normalized spacial score (nSPS) is 11.3. The average molecular weight is 364 g/mol. The lowest BCUT2D eigenvalue weighted by molar-refractivity contribution is 0.414. The lowest BCUT2D eigenvalue weighted by atomic mass is 10.1. The molecule has 0 saturated heterocycles. The molecule has 0 aliphatic carbocycles. The second-order valence-corrected chi connectivity index (χ2v) is 5.93. The van der Waals surface area contributed by atoms with E-state index in [4.69, 9.17) is 4.74 Å². The number of ether oxygens (including phenoxy) is 1. The Labute approximate surface area is 158 Å². The Morgan fingerprint density at radius 1 is 1.11 bits per heavy atom. The first-order valence-corrected chi connectivity index (χ1v) is 8.88. The van der Waals surface area contributed by atoms with Crippen LogP contribution in [0.25, 0.3) is 11.4 Å². The highest BCUT2D eigenvalue weighted by molar-refractivity contribution is 5.79. The molecule has 0 saturated carbocycles. The third-order valence-corrected chi connectivity index (χ3v) is 3.97. The average Bonchev–Trinajstić information content (AvgIpc) is 3.25. The van der Waals surface area contributed by atoms with E-state index in [0.29, 0.717) is 13.1 Å². The SMILES string of the molecule is CCNC(=NCc1cccc(-c2ncn[nH]2)c1)NCc1cccc(OC)c1. The summed E-state index contributed by atoms with van der Waals surface area (Å²) in [7, 11) is 1.67. The summed E-state index contributed by atoms with van der Waals surface area (Å²) in [6.45, 7) is 4.08. The Hall–Kier alpha value is -3.35. The predicted octanol–water partition coefficient (Wildman–Crippen LogP) is 2.74. The van der Waals surface area contributed by atoms with Crippen LogP contribution in [-0.4, -0.2) is 34.8 Å². The Balaban J connectivity index is 1.66. The molecule has 7 heteroatoms. The van der Waals surface area contributed by atoms with E-state index < -0.39 is 0 Å². The Morgan fingerprint density at radius 2 is 1.96 bits per heavy atom. The maximum Gasteiger partial charge on any atom is 0.191 e. The van der Waals surface area contributed by atoms with Crippen LogP contribution in [0.2, 0.25) is 0 Å². The summed E-state index contributed by atoms with van der Waals surface area (Å²) in [5.41, 5.74) is 3.23. The minimum Gasteiger partial charge on any atom is -0.497 e. The minimum absolute atomic E-state index is 0.565. The van der Waals surface area contributed by atoms with Crippen LogP contribution in [0.4, 0.5) is 0 Å². The summed E-state index contributed by atoms with van der Waals surface area (Å²) in [6, 6.07) is 16.1. The van der Waals surface area contributed by atoms with Gasteiger partial charge < -0.3 is 15.4 Å². The molecule has 0 bridgehead atoms. The van der Waals surface area contributed by atoms with Gasteiger partial charge in [-0.3, -0.25) is 5.10 Å². The van der Waals surface area contributed by atoms with Gasteiger partial charge in [0.1, 0.15) is 12.1 Å². The number of nitrogens with zero attached hydrogens (tertiary/aromatic N) is 3. The number of benzene rings is 2. The Kier molecular flexibility index (Phi) is 6.40. The van der Waals surface area contributed by atoms with Crippen molar-refractivity contribution in [3.63, 3.8) is 0 Å². The van der Waals surface area contributed by atoms with Gasteiger partial charge in [0.2, 0.25) is 0 Å². The fourth-order valence-corrected chi connectivity index (χ4v) is 2.64. The topological polar surface area (TPSA) is 87.2 Å². The van der Waals surface area contributed by atoms with Crippen molar-refractivity contribution < 1.29 is 4.74 Å². The van der Waals surface area contributed by atoms with Crippen molar-refractivity contribution in [2.75, 3.05) is 13.7 Å². The van der Waals surface area contributed by atoms with Crippen LogP contribution in [0, 0.1) is 0 Å². The first-order valence-electron chi connectivity index (χ1n) is 8.88. The number of hydrogen-bond acceptors (Lipinski definition) is 4. The molecule has 7 nitrogen and oxygen atoms in total. The van der Waals surface area contributed by atoms with Crippen molar-refractivity contribution >= 4 is 5.96 Å². The predicted molar refractivity (Wildman–Crippen MR) is 106 cm³/mol. The van der Waals surface area contributed by atoms with E-state index in [9.17, 15) is 0 Å². The molecule has 0 radical (unpaired) electrons. The van der Waals surface area contributed by atoms with Crippen molar-refractivity contribution in [2.24, 2.45) is 4.99 Å². The van der Waals surface area contributed by atoms with Crippen molar-refractivity contribution in [1.82, 2.24) is 25.8 Å². The van der Waals surface area contributed by atoms with Gasteiger partial charge in [-0.25, -0.2) is 9.98 Å². The molecular formula is C20H24N6O. The summed E-state index contributed by atoms with van der Waals surface area (Å²) in [5.74, 6) is 2.37. The number of hydrogen-bond donors (Lipinski definition) is 3. The van der Waals surface area contributed by atoms with E-state index in [1.807, 2.05) is 37.3 Å². The number of rotatable bonds is 7. The third-order valence-electron chi connectivity index (χ3n) is 3.97. The standard InChI is InChI=1S/C20H24N6O/c1-3-21-20(23-13-16-7-5-9-18(11-16)27-2)22-12-15-6-4-8-17(10-15)19-24-14-25-26-19/h4-11,14H,3,12-13H2,1-2H3,(H2,21,22,23)(H,24,25,26). The first kappa shape index (κ1) is 18.4. The number of aromatic nitrogens is 3. The molecule has 1 aromatic heterocycles. The maximum atomic E-state index is 5.27. The van der Waals surface area contributed by atoms with Crippen LogP contribution in [0.3, 0.4) is 0 Å². The highest BCUT2D eigenvalue weighted by atomic mass is 16.5. The number of nitrogens with one attached hydrogen (secondary N) is 3. The second-order valence-electron chi connectivity index (χ2n) is 5.93. The van der Waals surface area contributed by atoms with Crippen LogP contribution in [0.5, 0.6) is 5.75 Å². The molecule has 0 aliphatic rings. The molecule has 3 N–H and O–H groups in total. The molecule has 2 aromatic carbocycles. The molecule has 0 aliphatic heterocycles. The Morgan fingerprint density at radius 3 is 2.74 bits per heavy atom. The van der Waals surface area contributed by atoms with Gasteiger partial charge in [-0.15, -0.1) is 0 Å². The molecule has 27 heavy (non-hydrogen) atoms.